The average Bonchev–Trinajstić information content (AvgIpc) is 3.17. The standard InChI is InChI=1S/C17H33N3/c1-2-8-16(15(7-1)17-9-5-10-18-17)19-11-6-14-20-12-3-4-13-20/h15-19H,1-14H2. The lowest BCUT2D eigenvalue weighted by Gasteiger charge is -2.36. The minimum atomic E-state index is 0.790. The molecule has 0 aromatic carbocycles. The first kappa shape index (κ1) is 14.8. The van der Waals surface area contributed by atoms with E-state index in [1.807, 2.05) is 0 Å². The summed E-state index contributed by atoms with van der Waals surface area (Å²) >= 11 is 0. The summed E-state index contributed by atoms with van der Waals surface area (Å²) in [4.78, 5) is 2.64. The van der Waals surface area contributed by atoms with E-state index in [2.05, 4.69) is 15.5 Å². The van der Waals surface area contributed by atoms with Gasteiger partial charge < -0.3 is 15.5 Å². The van der Waals surface area contributed by atoms with Gasteiger partial charge >= 0.3 is 0 Å². The van der Waals surface area contributed by atoms with Crippen LogP contribution >= 0.6 is 0 Å². The Kier molecular flexibility index (Phi) is 5.75. The predicted molar refractivity (Wildman–Crippen MR) is 85.1 cm³/mol. The van der Waals surface area contributed by atoms with E-state index >= 15 is 0 Å². The molecule has 1 aliphatic carbocycles. The summed E-state index contributed by atoms with van der Waals surface area (Å²) in [6.07, 6.45) is 12.7. The molecule has 3 fully saturated rings. The normalized spacial score (nSPS) is 35.7. The van der Waals surface area contributed by atoms with Crippen molar-refractivity contribution in [1.82, 2.24) is 15.5 Å². The monoisotopic (exact) mass is 279 g/mol. The Morgan fingerprint density at radius 3 is 2.60 bits per heavy atom. The van der Waals surface area contributed by atoms with Crippen molar-refractivity contribution < 1.29 is 0 Å². The maximum absolute atomic E-state index is 3.91. The number of nitrogens with zero attached hydrogens (tertiary/aromatic N) is 1. The van der Waals surface area contributed by atoms with Crippen LogP contribution in [-0.4, -0.2) is 49.7 Å². The van der Waals surface area contributed by atoms with E-state index in [9.17, 15) is 0 Å². The fraction of sp³-hybridized carbons (Fsp3) is 1.00. The number of rotatable bonds is 6. The van der Waals surface area contributed by atoms with Gasteiger partial charge in [0.1, 0.15) is 0 Å². The molecule has 3 rings (SSSR count). The van der Waals surface area contributed by atoms with E-state index in [1.54, 1.807) is 0 Å². The fourth-order valence-corrected chi connectivity index (χ4v) is 4.57. The third kappa shape index (κ3) is 3.96. The molecule has 3 nitrogen and oxygen atoms in total. The van der Waals surface area contributed by atoms with Gasteiger partial charge in [0.25, 0.3) is 0 Å². The van der Waals surface area contributed by atoms with E-state index < -0.39 is 0 Å². The molecule has 1 saturated carbocycles. The van der Waals surface area contributed by atoms with Gasteiger partial charge in [0, 0.05) is 12.1 Å². The molecule has 3 aliphatic rings. The van der Waals surface area contributed by atoms with Crippen molar-refractivity contribution in [2.45, 2.75) is 69.9 Å². The molecule has 2 N–H and O–H groups in total. The van der Waals surface area contributed by atoms with Crippen LogP contribution in [0.5, 0.6) is 0 Å². The zero-order valence-corrected chi connectivity index (χ0v) is 13.1. The molecule has 0 aromatic heterocycles. The molecule has 0 radical (unpaired) electrons. The second-order valence-electron chi connectivity index (χ2n) is 7.11. The van der Waals surface area contributed by atoms with Crippen LogP contribution in [-0.2, 0) is 0 Å². The van der Waals surface area contributed by atoms with Crippen molar-refractivity contribution in [1.29, 1.82) is 0 Å². The molecule has 0 bridgehead atoms. The van der Waals surface area contributed by atoms with Gasteiger partial charge in [0.05, 0.1) is 0 Å². The highest BCUT2D eigenvalue weighted by Crippen LogP contribution is 2.30. The van der Waals surface area contributed by atoms with Crippen LogP contribution in [0.15, 0.2) is 0 Å². The first-order chi connectivity index (χ1) is 9.93. The molecule has 3 atom stereocenters. The lowest BCUT2D eigenvalue weighted by Crippen LogP contribution is -2.47. The molecule has 2 aliphatic heterocycles. The molecular formula is C17H33N3. The van der Waals surface area contributed by atoms with Crippen LogP contribution in [0.25, 0.3) is 0 Å². The fourth-order valence-electron chi connectivity index (χ4n) is 4.57. The summed E-state index contributed by atoms with van der Waals surface area (Å²) in [5, 5.41) is 7.65. The summed E-state index contributed by atoms with van der Waals surface area (Å²) in [6, 6.07) is 1.60. The first-order valence-corrected chi connectivity index (χ1v) is 9.12. The second-order valence-corrected chi connectivity index (χ2v) is 7.11. The number of likely N-dealkylation sites (tertiary alicyclic amines) is 1. The van der Waals surface area contributed by atoms with Crippen molar-refractivity contribution in [3.8, 4) is 0 Å². The van der Waals surface area contributed by atoms with Crippen LogP contribution in [0.1, 0.15) is 57.8 Å². The molecular weight excluding hydrogens is 246 g/mol. The molecule has 2 heterocycles. The van der Waals surface area contributed by atoms with Crippen LogP contribution in [0, 0.1) is 5.92 Å². The van der Waals surface area contributed by atoms with Gasteiger partial charge in [-0.3, -0.25) is 0 Å². The van der Waals surface area contributed by atoms with E-state index in [0.717, 1.165) is 18.0 Å². The average molecular weight is 279 g/mol. The lowest BCUT2D eigenvalue weighted by molar-refractivity contribution is 0.212. The topological polar surface area (TPSA) is 27.3 Å². The molecule has 3 heteroatoms. The van der Waals surface area contributed by atoms with Crippen molar-refractivity contribution in [2.24, 2.45) is 5.92 Å². The van der Waals surface area contributed by atoms with E-state index in [1.165, 1.54) is 90.5 Å². The van der Waals surface area contributed by atoms with Crippen molar-refractivity contribution in [2.75, 3.05) is 32.7 Å². The van der Waals surface area contributed by atoms with Gasteiger partial charge in [-0.2, -0.15) is 0 Å². The highest BCUT2D eigenvalue weighted by molar-refractivity contribution is 4.91. The lowest BCUT2D eigenvalue weighted by atomic mass is 9.79. The minimum Gasteiger partial charge on any atom is -0.314 e. The maximum atomic E-state index is 3.91. The highest BCUT2D eigenvalue weighted by atomic mass is 15.1. The van der Waals surface area contributed by atoms with Crippen LogP contribution in [0.2, 0.25) is 0 Å². The summed E-state index contributed by atoms with van der Waals surface area (Å²) in [5.74, 6) is 0.901. The van der Waals surface area contributed by atoms with E-state index in [4.69, 9.17) is 0 Å². The molecule has 2 saturated heterocycles. The third-order valence-electron chi connectivity index (χ3n) is 5.69. The smallest absolute Gasteiger partial charge is 0.0111 e. The quantitative estimate of drug-likeness (QED) is 0.731. The van der Waals surface area contributed by atoms with Gasteiger partial charge in [-0.05, 0) is 83.6 Å². The van der Waals surface area contributed by atoms with Gasteiger partial charge in [0.2, 0.25) is 0 Å². The summed E-state index contributed by atoms with van der Waals surface area (Å²) in [6.45, 7) is 6.48. The number of hydrogen-bond acceptors (Lipinski definition) is 3. The second kappa shape index (κ2) is 7.77. The number of hydrogen-bond donors (Lipinski definition) is 2. The Hall–Kier alpha value is -0.120. The largest absolute Gasteiger partial charge is 0.314 e. The third-order valence-corrected chi connectivity index (χ3v) is 5.69. The zero-order chi connectivity index (χ0) is 13.6. The molecule has 3 unspecified atom stereocenters. The minimum absolute atomic E-state index is 0.790. The molecule has 0 amide bonds. The Bertz CT molecular complexity index is 269. The van der Waals surface area contributed by atoms with Crippen LogP contribution in [0.4, 0.5) is 0 Å². The van der Waals surface area contributed by atoms with Gasteiger partial charge in [0.15, 0.2) is 0 Å². The summed E-state index contributed by atoms with van der Waals surface area (Å²) in [7, 11) is 0. The van der Waals surface area contributed by atoms with Crippen LogP contribution in [0.3, 0.4) is 0 Å². The Balaban J connectivity index is 1.37. The first-order valence-electron chi connectivity index (χ1n) is 9.12. The van der Waals surface area contributed by atoms with Gasteiger partial charge in [-0.1, -0.05) is 12.8 Å². The van der Waals surface area contributed by atoms with Crippen molar-refractivity contribution >= 4 is 0 Å². The van der Waals surface area contributed by atoms with Crippen molar-refractivity contribution in [3.05, 3.63) is 0 Å². The molecule has 0 aromatic rings. The summed E-state index contributed by atoms with van der Waals surface area (Å²) < 4.78 is 0. The van der Waals surface area contributed by atoms with Gasteiger partial charge in [-0.25, -0.2) is 0 Å². The summed E-state index contributed by atoms with van der Waals surface area (Å²) in [5.41, 5.74) is 0. The number of nitrogens with one attached hydrogen (secondary N) is 2. The molecule has 0 spiro atoms. The zero-order valence-electron chi connectivity index (χ0n) is 13.1. The Morgan fingerprint density at radius 2 is 1.80 bits per heavy atom. The highest BCUT2D eigenvalue weighted by Gasteiger charge is 2.32. The SMILES string of the molecule is C1CCC(C2CCCN2)C(NCCCN2CCCC2)C1. The van der Waals surface area contributed by atoms with Crippen LogP contribution < -0.4 is 10.6 Å². The van der Waals surface area contributed by atoms with E-state index in [-0.39, 0.29) is 0 Å². The molecule has 20 heavy (non-hydrogen) atoms. The maximum Gasteiger partial charge on any atom is 0.0111 e. The van der Waals surface area contributed by atoms with E-state index in [0.29, 0.717) is 0 Å². The Morgan fingerprint density at radius 1 is 0.950 bits per heavy atom. The van der Waals surface area contributed by atoms with Gasteiger partial charge in [-0.15, -0.1) is 0 Å². The van der Waals surface area contributed by atoms with Crippen molar-refractivity contribution in [3.63, 3.8) is 0 Å². The predicted octanol–water partition coefficient (Wildman–Crippen LogP) is 2.37. The Labute approximate surface area is 124 Å². The molecule has 116 valence electrons.